The highest BCUT2D eigenvalue weighted by atomic mass is 16.2. The van der Waals surface area contributed by atoms with E-state index < -0.39 is 0 Å². The fraction of sp³-hybridized carbons (Fsp3) is 0.500. The number of hydrogen-bond acceptors (Lipinski definition) is 4. The first-order chi connectivity index (χ1) is 9.31. The fourth-order valence-electron chi connectivity index (χ4n) is 1.56. The van der Waals surface area contributed by atoms with E-state index in [9.17, 15) is 9.59 Å². The summed E-state index contributed by atoms with van der Waals surface area (Å²) in [6.07, 6.45) is 1.54. The van der Waals surface area contributed by atoms with Gasteiger partial charge in [-0.2, -0.15) is 0 Å². The highest BCUT2D eigenvalue weighted by Crippen LogP contribution is 2.07. The van der Waals surface area contributed by atoms with Crippen LogP contribution >= 0.6 is 0 Å². The first-order valence-electron chi connectivity index (χ1n) is 6.61. The van der Waals surface area contributed by atoms with Crippen LogP contribution in [-0.4, -0.2) is 35.4 Å². The molecule has 3 N–H and O–H groups in total. The van der Waals surface area contributed by atoms with Gasteiger partial charge in [-0.05, 0) is 39.8 Å². The van der Waals surface area contributed by atoms with Gasteiger partial charge in [0.15, 0.2) is 0 Å². The van der Waals surface area contributed by atoms with E-state index in [0.29, 0.717) is 17.9 Å². The van der Waals surface area contributed by atoms with Gasteiger partial charge in [-0.1, -0.05) is 0 Å². The molecule has 0 spiro atoms. The van der Waals surface area contributed by atoms with Crippen molar-refractivity contribution in [2.75, 3.05) is 18.4 Å². The second-order valence-electron chi connectivity index (χ2n) is 5.44. The van der Waals surface area contributed by atoms with Crippen molar-refractivity contribution in [2.45, 2.75) is 33.2 Å². The average molecular weight is 278 g/mol. The predicted octanol–water partition coefficient (Wildman–Crippen LogP) is 1.16. The summed E-state index contributed by atoms with van der Waals surface area (Å²) in [5.41, 5.74) is 0.752. The zero-order valence-electron chi connectivity index (χ0n) is 12.4. The van der Waals surface area contributed by atoms with E-state index in [-0.39, 0.29) is 23.9 Å². The third-order valence-corrected chi connectivity index (χ3v) is 2.30. The van der Waals surface area contributed by atoms with Gasteiger partial charge in [-0.25, -0.2) is 0 Å². The van der Waals surface area contributed by atoms with E-state index in [1.807, 2.05) is 27.7 Å². The van der Waals surface area contributed by atoms with E-state index in [1.165, 1.54) is 6.20 Å². The molecule has 0 atom stereocenters. The standard InChI is InChI=1S/C14H22N4O2/c1-5-15-13(20)11-8-10(6-7-16-11)17-9-12(19)18-14(2,3)4/h6-8H,5,9H2,1-4H3,(H,15,20)(H,16,17)(H,18,19). The molecule has 6 nitrogen and oxygen atoms in total. The van der Waals surface area contributed by atoms with E-state index in [1.54, 1.807) is 12.1 Å². The SMILES string of the molecule is CCNC(=O)c1cc(NCC(=O)NC(C)(C)C)ccn1. The van der Waals surface area contributed by atoms with Crippen LogP contribution in [0.3, 0.4) is 0 Å². The van der Waals surface area contributed by atoms with Gasteiger partial charge < -0.3 is 16.0 Å². The maximum atomic E-state index is 11.7. The average Bonchev–Trinajstić information content (AvgIpc) is 2.35. The van der Waals surface area contributed by atoms with Gasteiger partial charge in [0.05, 0.1) is 6.54 Å². The van der Waals surface area contributed by atoms with E-state index in [4.69, 9.17) is 0 Å². The molecule has 2 amide bonds. The van der Waals surface area contributed by atoms with Crippen LogP contribution in [0.5, 0.6) is 0 Å². The van der Waals surface area contributed by atoms with Gasteiger partial charge in [0.1, 0.15) is 5.69 Å². The largest absolute Gasteiger partial charge is 0.376 e. The van der Waals surface area contributed by atoms with Gasteiger partial charge in [-0.15, -0.1) is 0 Å². The van der Waals surface area contributed by atoms with Crippen LogP contribution in [0.1, 0.15) is 38.2 Å². The Hall–Kier alpha value is -2.11. The monoisotopic (exact) mass is 278 g/mol. The van der Waals surface area contributed by atoms with Crippen molar-refractivity contribution in [1.29, 1.82) is 0 Å². The molecule has 0 fully saturated rings. The highest BCUT2D eigenvalue weighted by molar-refractivity contribution is 5.93. The van der Waals surface area contributed by atoms with Crippen LogP contribution in [0.2, 0.25) is 0 Å². The number of amides is 2. The Balaban J connectivity index is 2.59. The first kappa shape index (κ1) is 15.9. The second kappa shape index (κ2) is 6.88. The van der Waals surface area contributed by atoms with E-state index >= 15 is 0 Å². The molecule has 0 unspecified atom stereocenters. The molecule has 0 radical (unpaired) electrons. The van der Waals surface area contributed by atoms with Crippen LogP contribution in [0.25, 0.3) is 0 Å². The van der Waals surface area contributed by atoms with Crippen molar-refractivity contribution in [3.63, 3.8) is 0 Å². The van der Waals surface area contributed by atoms with Crippen LogP contribution in [0.15, 0.2) is 18.3 Å². The van der Waals surface area contributed by atoms with Crippen molar-refractivity contribution in [2.24, 2.45) is 0 Å². The zero-order valence-corrected chi connectivity index (χ0v) is 12.4. The molecule has 110 valence electrons. The van der Waals surface area contributed by atoms with E-state index in [0.717, 1.165) is 0 Å². The van der Waals surface area contributed by atoms with Crippen molar-refractivity contribution >= 4 is 17.5 Å². The minimum Gasteiger partial charge on any atom is -0.376 e. The predicted molar refractivity (Wildman–Crippen MR) is 78.6 cm³/mol. The lowest BCUT2D eigenvalue weighted by atomic mass is 10.1. The summed E-state index contributed by atoms with van der Waals surface area (Å²) in [4.78, 5) is 27.3. The summed E-state index contributed by atoms with van der Waals surface area (Å²) in [5, 5.41) is 8.50. The van der Waals surface area contributed by atoms with E-state index in [2.05, 4.69) is 20.9 Å². The lowest BCUT2D eigenvalue weighted by molar-refractivity contribution is -0.120. The number of carbonyl (C=O) groups is 2. The summed E-state index contributed by atoms with van der Waals surface area (Å²) in [6, 6.07) is 3.34. The third kappa shape index (κ3) is 5.69. The number of carbonyl (C=O) groups excluding carboxylic acids is 2. The van der Waals surface area contributed by atoms with Crippen molar-refractivity contribution < 1.29 is 9.59 Å². The summed E-state index contributed by atoms with van der Waals surface area (Å²) in [6.45, 7) is 8.30. The Morgan fingerprint density at radius 3 is 2.60 bits per heavy atom. The van der Waals surface area contributed by atoms with Crippen LogP contribution < -0.4 is 16.0 Å². The molecule has 1 aromatic heterocycles. The molecule has 6 heteroatoms. The molecular formula is C14H22N4O2. The van der Waals surface area contributed by atoms with Crippen molar-refractivity contribution in [1.82, 2.24) is 15.6 Å². The smallest absolute Gasteiger partial charge is 0.269 e. The molecule has 0 bridgehead atoms. The minimum absolute atomic E-state index is 0.103. The normalized spacial score (nSPS) is 10.8. The quantitative estimate of drug-likeness (QED) is 0.754. The summed E-state index contributed by atoms with van der Waals surface area (Å²) in [5.74, 6) is -0.329. The minimum atomic E-state index is -0.261. The lowest BCUT2D eigenvalue weighted by Gasteiger charge is -2.20. The van der Waals surface area contributed by atoms with Crippen molar-refractivity contribution in [3.8, 4) is 0 Å². The summed E-state index contributed by atoms with van der Waals surface area (Å²) >= 11 is 0. The van der Waals surface area contributed by atoms with Crippen molar-refractivity contribution in [3.05, 3.63) is 24.0 Å². The van der Waals surface area contributed by atoms with Gasteiger partial charge in [-0.3, -0.25) is 14.6 Å². The van der Waals surface area contributed by atoms with Gasteiger partial charge in [0.25, 0.3) is 5.91 Å². The molecule has 20 heavy (non-hydrogen) atoms. The molecular weight excluding hydrogens is 256 g/mol. The topological polar surface area (TPSA) is 83.1 Å². The molecule has 0 aliphatic rings. The zero-order chi connectivity index (χ0) is 15.2. The summed E-state index contributed by atoms with van der Waals surface area (Å²) in [7, 11) is 0. The third-order valence-electron chi connectivity index (χ3n) is 2.30. The Morgan fingerprint density at radius 1 is 1.30 bits per heavy atom. The number of nitrogens with one attached hydrogen (secondary N) is 3. The molecule has 0 saturated carbocycles. The molecule has 0 saturated heterocycles. The molecule has 0 aliphatic carbocycles. The second-order valence-corrected chi connectivity index (χ2v) is 5.44. The Kier molecular flexibility index (Phi) is 5.49. The molecule has 0 aliphatic heterocycles. The number of nitrogens with zero attached hydrogens (tertiary/aromatic N) is 1. The number of hydrogen-bond donors (Lipinski definition) is 3. The number of rotatable bonds is 5. The molecule has 1 rings (SSSR count). The van der Waals surface area contributed by atoms with Crippen LogP contribution in [0.4, 0.5) is 5.69 Å². The van der Waals surface area contributed by atoms with Gasteiger partial charge >= 0.3 is 0 Å². The Bertz CT molecular complexity index is 480. The number of anilines is 1. The number of pyridine rings is 1. The Morgan fingerprint density at radius 2 is 2.00 bits per heavy atom. The maximum Gasteiger partial charge on any atom is 0.269 e. The molecule has 0 aromatic carbocycles. The molecule has 1 heterocycles. The van der Waals surface area contributed by atoms with Gasteiger partial charge in [0.2, 0.25) is 5.91 Å². The maximum absolute atomic E-state index is 11.7. The van der Waals surface area contributed by atoms with Gasteiger partial charge in [0, 0.05) is 24.0 Å². The fourth-order valence-corrected chi connectivity index (χ4v) is 1.56. The van der Waals surface area contributed by atoms with Crippen LogP contribution in [0, 0.1) is 0 Å². The first-order valence-corrected chi connectivity index (χ1v) is 6.61. The number of aromatic nitrogens is 1. The highest BCUT2D eigenvalue weighted by Gasteiger charge is 2.13. The Labute approximate surface area is 119 Å². The molecule has 1 aromatic rings. The summed E-state index contributed by atoms with van der Waals surface area (Å²) < 4.78 is 0. The van der Waals surface area contributed by atoms with Crippen LogP contribution in [-0.2, 0) is 4.79 Å². The lowest BCUT2D eigenvalue weighted by Crippen LogP contribution is -2.43.